The van der Waals surface area contributed by atoms with Gasteiger partial charge in [-0.2, -0.15) is 0 Å². The molecule has 0 bridgehead atoms. The molecule has 0 saturated heterocycles. The summed E-state index contributed by atoms with van der Waals surface area (Å²) in [6.07, 6.45) is 7.38. The lowest BCUT2D eigenvalue weighted by Crippen LogP contribution is -2.46. The van der Waals surface area contributed by atoms with Gasteiger partial charge in [0, 0.05) is 17.9 Å². The second-order valence-electron chi connectivity index (χ2n) is 5.57. The number of hydrogen-bond acceptors (Lipinski definition) is 2. The van der Waals surface area contributed by atoms with E-state index < -0.39 is 0 Å². The molecule has 0 amide bonds. The van der Waals surface area contributed by atoms with Gasteiger partial charge in [0.25, 0.3) is 0 Å². The first-order chi connectivity index (χ1) is 7.52. The number of nitrogens with zero attached hydrogens (tertiary/aromatic N) is 1. The molecule has 1 saturated carbocycles. The standard InChI is InChI=1S/C14H22N2/c1-10-4-5-14(15,12(3)6-10)13-7-11(2)8-16-9-13/h7-10,12H,4-6,15H2,1-3H3. The number of rotatable bonds is 1. The first-order valence-corrected chi connectivity index (χ1v) is 6.23. The Morgan fingerprint density at radius 3 is 2.75 bits per heavy atom. The predicted molar refractivity (Wildman–Crippen MR) is 67.0 cm³/mol. The molecule has 1 aromatic heterocycles. The quantitative estimate of drug-likeness (QED) is 0.787. The van der Waals surface area contributed by atoms with Gasteiger partial charge in [-0.05, 0) is 49.1 Å². The fraction of sp³-hybridized carbons (Fsp3) is 0.643. The lowest BCUT2D eigenvalue weighted by Gasteiger charge is -2.42. The maximum Gasteiger partial charge on any atom is 0.0451 e. The molecule has 0 radical (unpaired) electrons. The highest BCUT2D eigenvalue weighted by molar-refractivity contribution is 5.26. The van der Waals surface area contributed by atoms with Crippen molar-refractivity contribution in [2.75, 3.05) is 0 Å². The smallest absolute Gasteiger partial charge is 0.0451 e. The van der Waals surface area contributed by atoms with Gasteiger partial charge in [0.15, 0.2) is 0 Å². The van der Waals surface area contributed by atoms with Crippen LogP contribution in [0.25, 0.3) is 0 Å². The van der Waals surface area contributed by atoms with Crippen LogP contribution in [0, 0.1) is 18.8 Å². The van der Waals surface area contributed by atoms with Gasteiger partial charge in [-0.15, -0.1) is 0 Å². The first kappa shape index (κ1) is 11.6. The SMILES string of the molecule is Cc1cncc(C2(N)CCC(C)CC2C)c1. The van der Waals surface area contributed by atoms with Gasteiger partial charge in [0.1, 0.15) is 0 Å². The van der Waals surface area contributed by atoms with E-state index in [1.807, 2.05) is 12.4 Å². The molecule has 3 unspecified atom stereocenters. The van der Waals surface area contributed by atoms with Crippen LogP contribution in [-0.4, -0.2) is 4.98 Å². The van der Waals surface area contributed by atoms with Crippen molar-refractivity contribution in [1.29, 1.82) is 0 Å². The third-order valence-corrected chi connectivity index (χ3v) is 4.10. The highest BCUT2D eigenvalue weighted by Gasteiger charge is 2.38. The summed E-state index contributed by atoms with van der Waals surface area (Å²) in [6, 6.07) is 2.19. The molecular weight excluding hydrogens is 196 g/mol. The Bertz CT molecular complexity index is 375. The van der Waals surface area contributed by atoms with Crippen molar-refractivity contribution in [2.45, 2.75) is 45.6 Å². The Hall–Kier alpha value is -0.890. The van der Waals surface area contributed by atoms with E-state index in [2.05, 4.69) is 31.8 Å². The fourth-order valence-electron chi connectivity index (χ4n) is 2.90. The summed E-state index contributed by atoms with van der Waals surface area (Å²) >= 11 is 0. The van der Waals surface area contributed by atoms with Crippen molar-refractivity contribution >= 4 is 0 Å². The molecule has 1 aromatic rings. The van der Waals surface area contributed by atoms with Crippen LogP contribution >= 0.6 is 0 Å². The summed E-state index contributed by atoms with van der Waals surface area (Å²) in [5.74, 6) is 1.35. The minimum Gasteiger partial charge on any atom is -0.321 e. The summed E-state index contributed by atoms with van der Waals surface area (Å²) in [6.45, 7) is 6.68. The summed E-state index contributed by atoms with van der Waals surface area (Å²) in [5, 5.41) is 0. The van der Waals surface area contributed by atoms with E-state index in [9.17, 15) is 0 Å². The van der Waals surface area contributed by atoms with E-state index >= 15 is 0 Å². The van der Waals surface area contributed by atoms with Crippen molar-refractivity contribution in [3.8, 4) is 0 Å². The number of pyridine rings is 1. The summed E-state index contributed by atoms with van der Waals surface area (Å²) in [4.78, 5) is 4.28. The third-order valence-electron chi connectivity index (χ3n) is 4.10. The minimum atomic E-state index is -0.161. The monoisotopic (exact) mass is 218 g/mol. The van der Waals surface area contributed by atoms with E-state index in [4.69, 9.17) is 5.73 Å². The van der Waals surface area contributed by atoms with Crippen molar-refractivity contribution < 1.29 is 0 Å². The highest BCUT2D eigenvalue weighted by Crippen LogP contribution is 2.41. The molecule has 0 spiro atoms. The van der Waals surface area contributed by atoms with E-state index in [-0.39, 0.29) is 5.54 Å². The summed E-state index contributed by atoms with van der Waals surface area (Å²) < 4.78 is 0. The van der Waals surface area contributed by atoms with Gasteiger partial charge in [0.05, 0.1) is 0 Å². The van der Waals surface area contributed by atoms with Crippen LogP contribution in [0.4, 0.5) is 0 Å². The van der Waals surface area contributed by atoms with Gasteiger partial charge < -0.3 is 5.73 Å². The van der Waals surface area contributed by atoms with Gasteiger partial charge in [-0.25, -0.2) is 0 Å². The molecule has 3 atom stereocenters. The Balaban J connectivity index is 2.31. The minimum absolute atomic E-state index is 0.161. The molecule has 1 heterocycles. The van der Waals surface area contributed by atoms with Crippen molar-refractivity contribution in [3.63, 3.8) is 0 Å². The van der Waals surface area contributed by atoms with E-state index in [1.54, 1.807) is 0 Å². The van der Waals surface area contributed by atoms with Crippen LogP contribution < -0.4 is 5.73 Å². The second kappa shape index (κ2) is 4.17. The summed E-state index contributed by atoms with van der Waals surface area (Å²) in [5.41, 5.74) is 8.87. The van der Waals surface area contributed by atoms with Crippen molar-refractivity contribution in [1.82, 2.24) is 4.98 Å². The van der Waals surface area contributed by atoms with Crippen molar-refractivity contribution in [3.05, 3.63) is 29.6 Å². The highest BCUT2D eigenvalue weighted by atomic mass is 14.8. The molecule has 2 nitrogen and oxygen atoms in total. The topological polar surface area (TPSA) is 38.9 Å². The third kappa shape index (κ3) is 1.99. The van der Waals surface area contributed by atoms with E-state index in [0.717, 1.165) is 12.3 Å². The molecule has 2 heteroatoms. The molecule has 1 aliphatic carbocycles. The van der Waals surface area contributed by atoms with E-state index in [0.29, 0.717) is 5.92 Å². The molecule has 16 heavy (non-hydrogen) atoms. The Kier molecular flexibility index (Phi) is 3.02. The average Bonchev–Trinajstić information content (AvgIpc) is 2.24. The molecule has 0 aliphatic heterocycles. The molecule has 2 rings (SSSR count). The maximum absolute atomic E-state index is 6.62. The van der Waals surface area contributed by atoms with Crippen LogP contribution in [0.15, 0.2) is 18.5 Å². The van der Waals surface area contributed by atoms with Gasteiger partial charge >= 0.3 is 0 Å². The summed E-state index contributed by atoms with van der Waals surface area (Å²) in [7, 11) is 0. The molecule has 0 aromatic carbocycles. The molecular formula is C14H22N2. The van der Waals surface area contributed by atoms with Crippen LogP contribution in [0.2, 0.25) is 0 Å². The molecule has 1 fully saturated rings. The van der Waals surface area contributed by atoms with Gasteiger partial charge in [-0.1, -0.05) is 19.9 Å². The lowest BCUT2D eigenvalue weighted by atomic mass is 9.67. The number of aromatic nitrogens is 1. The first-order valence-electron chi connectivity index (χ1n) is 6.23. The number of hydrogen-bond donors (Lipinski definition) is 1. The Morgan fingerprint density at radius 1 is 1.38 bits per heavy atom. The molecule has 1 aliphatic rings. The molecule has 2 N–H and O–H groups in total. The Morgan fingerprint density at radius 2 is 2.12 bits per heavy atom. The fourth-order valence-corrected chi connectivity index (χ4v) is 2.90. The Labute approximate surface area is 98.3 Å². The second-order valence-corrected chi connectivity index (χ2v) is 5.57. The van der Waals surface area contributed by atoms with Crippen LogP contribution in [0.3, 0.4) is 0 Å². The lowest BCUT2D eigenvalue weighted by molar-refractivity contribution is 0.164. The average molecular weight is 218 g/mol. The zero-order valence-corrected chi connectivity index (χ0v) is 10.5. The normalized spacial score (nSPS) is 35.0. The van der Waals surface area contributed by atoms with Gasteiger partial charge in [-0.3, -0.25) is 4.98 Å². The largest absolute Gasteiger partial charge is 0.321 e. The predicted octanol–water partition coefficient (Wildman–Crippen LogP) is 3.00. The molecule has 88 valence electrons. The van der Waals surface area contributed by atoms with Crippen LogP contribution in [0.5, 0.6) is 0 Å². The van der Waals surface area contributed by atoms with Crippen LogP contribution in [-0.2, 0) is 5.54 Å². The zero-order valence-electron chi connectivity index (χ0n) is 10.5. The van der Waals surface area contributed by atoms with Gasteiger partial charge in [0.2, 0.25) is 0 Å². The van der Waals surface area contributed by atoms with Crippen molar-refractivity contribution in [2.24, 2.45) is 17.6 Å². The van der Waals surface area contributed by atoms with E-state index in [1.165, 1.54) is 24.0 Å². The zero-order chi connectivity index (χ0) is 11.8. The number of aryl methyl sites for hydroxylation is 1. The maximum atomic E-state index is 6.62. The van der Waals surface area contributed by atoms with Crippen LogP contribution in [0.1, 0.15) is 44.2 Å². The number of nitrogens with two attached hydrogens (primary N) is 1.